The van der Waals surface area contributed by atoms with Gasteiger partial charge in [-0.3, -0.25) is 9.69 Å². The van der Waals surface area contributed by atoms with Crippen LogP contribution in [0.1, 0.15) is 29.8 Å². The van der Waals surface area contributed by atoms with Crippen LogP contribution in [0.4, 0.5) is 4.39 Å². The lowest BCUT2D eigenvalue weighted by molar-refractivity contribution is -0.139. The summed E-state index contributed by atoms with van der Waals surface area (Å²) in [4.78, 5) is 27.9. The van der Waals surface area contributed by atoms with E-state index in [1.807, 2.05) is 13.8 Å². The minimum absolute atomic E-state index is 0.0308. The quantitative estimate of drug-likeness (QED) is 0.682. The van der Waals surface area contributed by atoms with Gasteiger partial charge < -0.3 is 14.7 Å². The van der Waals surface area contributed by atoms with Crippen LogP contribution in [-0.4, -0.2) is 58.6 Å². The van der Waals surface area contributed by atoms with E-state index >= 15 is 0 Å². The third-order valence-corrected chi connectivity index (χ3v) is 5.88. The Morgan fingerprint density at radius 3 is 2.29 bits per heavy atom. The van der Waals surface area contributed by atoms with Gasteiger partial charge in [0.2, 0.25) is 0 Å². The maximum absolute atomic E-state index is 13.1. The zero-order chi connectivity index (χ0) is 22.7. The van der Waals surface area contributed by atoms with Crippen LogP contribution < -0.4 is 4.74 Å². The fourth-order valence-corrected chi connectivity index (χ4v) is 4.22. The molecule has 1 aliphatic rings. The fraction of sp³-hybridized carbons (Fsp3) is 0.364. The van der Waals surface area contributed by atoms with Crippen LogP contribution in [0.25, 0.3) is 0 Å². The molecule has 0 aliphatic carbocycles. The number of amides is 1. The van der Waals surface area contributed by atoms with Crippen LogP contribution in [0.2, 0.25) is 10.0 Å². The first-order chi connectivity index (χ1) is 14.7. The number of benzene rings is 2. The molecule has 1 heterocycles. The van der Waals surface area contributed by atoms with E-state index in [0.29, 0.717) is 19.6 Å². The van der Waals surface area contributed by atoms with Gasteiger partial charge in [0.05, 0.1) is 15.6 Å². The molecule has 0 bridgehead atoms. The van der Waals surface area contributed by atoms with Crippen LogP contribution in [0.3, 0.4) is 0 Å². The summed E-state index contributed by atoms with van der Waals surface area (Å²) in [5.41, 5.74) is 0.950. The Morgan fingerprint density at radius 2 is 1.71 bits per heavy atom. The minimum Gasteiger partial charge on any atom is -0.481 e. The molecular formula is C22H23Cl2FN2O4. The molecule has 2 aromatic rings. The number of nitrogens with zero attached hydrogens (tertiary/aromatic N) is 2. The highest BCUT2D eigenvalue weighted by atomic mass is 35.5. The second-order valence-corrected chi connectivity index (χ2v) is 8.48. The SMILES string of the molecule is C[C@@H]1CN(Cc2ccc(F)cc2)[C@@H](C)CN1C(=O)COc1c(Cl)cc(C(=O)O)cc1Cl. The van der Waals surface area contributed by atoms with E-state index in [1.54, 1.807) is 17.0 Å². The number of aromatic carboxylic acids is 1. The van der Waals surface area contributed by atoms with Gasteiger partial charge in [0.25, 0.3) is 5.91 Å². The average molecular weight is 469 g/mol. The van der Waals surface area contributed by atoms with Crippen LogP contribution >= 0.6 is 23.2 Å². The number of carboxylic acids is 1. The molecule has 0 aromatic heterocycles. The number of carboxylic acid groups (broad SMARTS) is 1. The van der Waals surface area contributed by atoms with Crippen molar-refractivity contribution in [2.24, 2.45) is 0 Å². The number of hydrogen-bond acceptors (Lipinski definition) is 4. The summed E-state index contributed by atoms with van der Waals surface area (Å²) in [5, 5.41) is 9.12. The second kappa shape index (κ2) is 9.85. The molecule has 1 saturated heterocycles. The predicted octanol–water partition coefficient (Wildman–Crippen LogP) is 4.33. The average Bonchev–Trinajstić information content (AvgIpc) is 2.71. The highest BCUT2D eigenvalue weighted by Crippen LogP contribution is 2.34. The topological polar surface area (TPSA) is 70.1 Å². The van der Waals surface area contributed by atoms with Crippen molar-refractivity contribution >= 4 is 35.1 Å². The number of carbonyl (C=O) groups excluding carboxylic acids is 1. The van der Waals surface area contributed by atoms with Gasteiger partial charge in [0.1, 0.15) is 5.82 Å². The van der Waals surface area contributed by atoms with Crippen molar-refractivity contribution in [3.63, 3.8) is 0 Å². The van der Waals surface area contributed by atoms with Gasteiger partial charge in [-0.2, -0.15) is 0 Å². The van der Waals surface area contributed by atoms with Gasteiger partial charge in [-0.25, -0.2) is 9.18 Å². The molecule has 1 aliphatic heterocycles. The first-order valence-electron chi connectivity index (χ1n) is 9.78. The number of ether oxygens (including phenoxy) is 1. The lowest BCUT2D eigenvalue weighted by atomic mass is 10.1. The highest BCUT2D eigenvalue weighted by molar-refractivity contribution is 6.37. The summed E-state index contributed by atoms with van der Waals surface area (Å²) in [7, 11) is 0. The Labute approximate surface area is 190 Å². The van der Waals surface area contributed by atoms with Crippen molar-refractivity contribution in [2.45, 2.75) is 32.5 Å². The van der Waals surface area contributed by atoms with Crippen LogP contribution in [0.5, 0.6) is 5.75 Å². The summed E-state index contributed by atoms with van der Waals surface area (Å²) in [6.07, 6.45) is 0. The zero-order valence-electron chi connectivity index (χ0n) is 17.1. The highest BCUT2D eigenvalue weighted by Gasteiger charge is 2.32. The summed E-state index contributed by atoms with van der Waals surface area (Å²) in [5.74, 6) is -1.56. The standard InChI is InChI=1S/C22H23Cl2FN2O4/c1-13-10-27(14(2)9-26(13)11-15-3-5-17(25)6-4-15)20(28)12-31-21-18(23)7-16(22(29)30)8-19(21)24/h3-8,13-14H,9-12H2,1-2H3,(H,29,30)/t13-,14+/m0/s1. The van der Waals surface area contributed by atoms with Gasteiger partial charge in [-0.05, 0) is 43.7 Å². The van der Waals surface area contributed by atoms with E-state index in [4.69, 9.17) is 33.0 Å². The summed E-state index contributed by atoms with van der Waals surface area (Å²) in [6.45, 7) is 5.59. The Hall–Kier alpha value is -2.35. The number of carbonyl (C=O) groups is 2. The molecule has 31 heavy (non-hydrogen) atoms. The largest absolute Gasteiger partial charge is 0.481 e. The van der Waals surface area contributed by atoms with Gasteiger partial charge in [-0.15, -0.1) is 0 Å². The number of piperazine rings is 1. The molecule has 0 spiro atoms. The van der Waals surface area contributed by atoms with Crippen molar-refractivity contribution in [1.29, 1.82) is 0 Å². The Morgan fingerprint density at radius 1 is 1.10 bits per heavy atom. The number of rotatable bonds is 6. The summed E-state index contributed by atoms with van der Waals surface area (Å²) >= 11 is 12.2. The molecule has 1 N–H and O–H groups in total. The third kappa shape index (κ3) is 5.67. The maximum atomic E-state index is 13.1. The van der Waals surface area contributed by atoms with Crippen LogP contribution in [0.15, 0.2) is 36.4 Å². The monoisotopic (exact) mass is 468 g/mol. The summed E-state index contributed by atoms with van der Waals surface area (Å²) < 4.78 is 18.7. The first-order valence-corrected chi connectivity index (χ1v) is 10.5. The normalized spacial score (nSPS) is 19.3. The molecule has 166 valence electrons. The van der Waals surface area contributed by atoms with E-state index in [9.17, 15) is 14.0 Å². The Bertz CT molecular complexity index is 947. The molecule has 2 atom stereocenters. The van der Waals surface area contributed by atoms with E-state index in [-0.39, 0.29) is 51.8 Å². The molecule has 0 unspecified atom stereocenters. The van der Waals surface area contributed by atoms with Gasteiger partial charge in [0, 0.05) is 31.7 Å². The predicted molar refractivity (Wildman–Crippen MR) is 116 cm³/mol. The molecule has 3 rings (SSSR count). The molecule has 9 heteroatoms. The van der Waals surface area contributed by atoms with Crippen molar-refractivity contribution in [1.82, 2.24) is 9.80 Å². The van der Waals surface area contributed by atoms with Gasteiger partial charge in [0.15, 0.2) is 12.4 Å². The smallest absolute Gasteiger partial charge is 0.335 e. The molecule has 6 nitrogen and oxygen atoms in total. The van der Waals surface area contributed by atoms with Gasteiger partial charge in [-0.1, -0.05) is 35.3 Å². The minimum atomic E-state index is -1.16. The molecule has 1 amide bonds. The van der Waals surface area contributed by atoms with Crippen molar-refractivity contribution in [3.8, 4) is 5.75 Å². The fourth-order valence-electron chi connectivity index (χ4n) is 3.63. The number of hydrogen-bond donors (Lipinski definition) is 1. The lowest BCUT2D eigenvalue weighted by Crippen LogP contribution is -2.58. The van der Waals surface area contributed by atoms with Crippen molar-refractivity contribution < 1.29 is 23.8 Å². The van der Waals surface area contributed by atoms with Crippen molar-refractivity contribution in [2.75, 3.05) is 19.7 Å². The van der Waals surface area contributed by atoms with Crippen LogP contribution in [0, 0.1) is 5.82 Å². The molecular weight excluding hydrogens is 446 g/mol. The molecule has 0 saturated carbocycles. The summed E-state index contributed by atoms with van der Waals surface area (Å²) in [6, 6.07) is 8.94. The van der Waals surface area contributed by atoms with Crippen LogP contribution in [-0.2, 0) is 11.3 Å². The lowest BCUT2D eigenvalue weighted by Gasteiger charge is -2.44. The van der Waals surface area contributed by atoms with E-state index in [2.05, 4.69) is 4.90 Å². The Balaban J connectivity index is 1.60. The first kappa shape index (κ1) is 23.3. The van der Waals surface area contributed by atoms with Gasteiger partial charge >= 0.3 is 5.97 Å². The Kier molecular flexibility index (Phi) is 7.41. The molecule has 0 radical (unpaired) electrons. The zero-order valence-corrected chi connectivity index (χ0v) is 18.7. The number of halogens is 3. The molecule has 2 aromatic carbocycles. The van der Waals surface area contributed by atoms with E-state index in [0.717, 1.165) is 5.56 Å². The second-order valence-electron chi connectivity index (χ2n) is 7.66. The van der Waals surface area contributed by atoms with Crippen molar-refractivity contribution in [3.05, 3.63) is 63.4 Å². The van der Waals surface area contributed by atoms with E-state index < -0.39 is 5.97 Å². The maximum Gasteiger partial charge on any atom is 0.335 e. The third-order valence-electron chi connectivity index (χ3n) is 5.32. The molecule has 1 fully saturated rings. The van der Waals surface area contributed by atoms with E-state index in [1.165, 1.54) is 24.3 Å².